The van der Waals surface area contributed by atoms with E-state index in [4.69, 9.17) is 4.74 Å². The van der Waals surface area contributed by atoms with Gasteiger partial charge in [0, 0.05) is 11.3 Å². The van der Waals surface area contributed by atoms with Gasteiger partial charge in [-0.25, -0.2) is 0 Å². The topological polar surface area (TPSA) is 66.8 Å². The van der Waals surface area contributed by atoms with Gasteiger partial charge in [-0.05, 0) is 61.6 Å². The van der Waals surface area contributed by atoms with Crippen molar-refractivity contribution >= 4 is 23.1 Å². The Morgan fingerprint density at radius 3 is 2.00 bits per heavy atom. The number of aliphatic hydroxyl groups is 1. The van der Waals surface area contributed by atoms with Crippen molar-refractivity contribution in [3.05, 3.63) is 101 Å². The Morgan fingerprint density at radius 2 is 1.47 bits per heavy atom. The molecule has 0 aliphatic carbocycles. The van der Waals surface area contributed by atoms with Crippen LogP contribution in [0.1, 0.15) is 62.9 Å². The van der Waals surface area contributed by atoms with Gasteiger partial charge in [0.05, 0.1) is 17.7 Å². The van der Waals surface area contributed by atoms with Gasteiger partial charge in [0.2, 0.25) is 0 Å². The van der Waals surface area contributed by atoms with Gasteiger partial charge < -0.3 is 9.84 Å². The number of hydrogen-bond donors (Lipinski definition) is 1. The summed E-state index contributed by atoms with van der Waals surface area (Å²) in [5.74, 6) is -0.886. The minimum atomic E-state index is -0.766. The molecule has 1 heterocycles. The van der Waals surface area contributed by atoms with E-state index in [1.165, 1.54) is 4.90 Å². The molecule has 5 heteroatoms. The van der Waals surface area contributed by atoms with Crippen LogP contribution in [0.4, 0.5) is 5.69 Å². The first-order chi connectivity index (χ1) is 17.0. The summed E-state index contributed by atoms with van der Waals surface area (Å²) < 4.78 is 5.74. The smallest absolute Gasteiger partial charge is 0.300 e. The van der Waals surface area contributed by atoms with Crippen LogP contribution in [0.25, 0.3) is 5.76 Å². The summed E-state index contributed by atoms with van der Waals surface area (Å²) in [7, 11) is 0. The number of Topliss-reactive ketones (excluding diaryl/α,β-unsaturated/α-hetero) is 1. The highest BCUT2D eigenvalue weighted by Crippen LogP contribution is 2.43. The van der Waals surface area contributed by atoms with Crippen LogP contribution in [0.2, 0.25) is 0 Å². The van der Waals surface area contributed by atoms with E-state index in [1.807, 2.05) is 57.2 Å². The van der Waals surface area contributed by atoms with Crippen LogP contribution in [-0.4, -0.2) is 22.9 Å². The van der Waals surface area contributed by atoms with Gasteiger partial charge in [0.25, 0.3) is 11.7 Å². The number of anilines is 1. The van der Waals surface area contributed by atoms with Crippen molar-refractivity contribution in [3.8, 4) is 5.75 Å². The number of aryl methyl sites for hydroxylation is 1. The van der Waals surface area contributed by atoms with Crippen LogP contribution in [0, 0.1) is 6.92 Å². The molecular formula is C31H33NO4. The SMILES string of the molecule is Cc1ccc(/C(O)=C2/C(=O)C(=O)N(c3ccc(OC(C)C)cc3)C2c2ccc(C(C)(C)C)cc2)cc1. The van der Waals surface area contributed by atoms with Crippen LogP contribution < -0.4 is 9.64 Å². The Bertz CT molecular complexity index is 1290. The molecule has 3 aromatic rings. The van der Waals surface area contributed by atoms with Gasteiger partial charge in [-0.2, -0.15) is 0 Å². The average Bonchev–Trinajstić information content (AvgIpc) is 3.09. The zero-order valence-corrected chi connectivity index (χ0v) is 21.7. The molecule has 1 atom stereocenters. The van der Waals surface area contributed by atoms with E-state index in [2.05, 4.69) is 20.8 Å². The van der Waals surface area contributed by atoms with Gasteiger partial charge in [-0.15, -0.1) is 0 Å². The maximum Gasteiger partial charge on any atom is 0.300 e. The molecule has 0 aromatic heterocycles. The van der Waals surface area contributed by atoms with Crippen LogP contribution in [0.3, 0.4) is 0 Å². The minimum Gasteiger partial charge on any atom is -0.507 e. The highest BCUT2D eigenvalue weighted by Gasteiger charge is 2.47. The summed E-state index contributed by atoms with van der Waals surface area (Å²) in [6, 6.07) is 21.5. The molecule has 1 N–H and O–H groups in total. The number of ketones is 1. The molecule has 1 unspecified atom stereocenters. The predicted octanol–water partition coefficient (Wildman–Crippen LogP) is 6.71. The third-order valence-electron chi connectivity index (χ3n) is 6.35. The third-order valence-corrected chi connectivity index (χ3v) is 6.35. The van der Waals surface area contributed by atoms with Gasteiger partial charge in [0.15, 0.2) is 0 Å². The summed E-state index contributed by atoms with van der Waals surface area (Å²) in [4.78, 5) is 28.2. The van der Waals surface area contributed by atoms with E-state index >= 15 is 0 Å². The largest absolute Gasteiger partial charge is 0.507 e. The Morgan fingerprint density at radius 1 is 0.889 bits per heavy atom. The second kappa shape index (κ2) is 9.65. The Labute approximate surface area is 213 Å². The summed E-state index contributed by atoms with van der Waals surface area (Å²) in [6.45, 7) is 12.2. The Balaban J connectivity index is 1.87. The van der Waals surface area contributed by atoms with E-state index in [9.17, 15) is 14.7 Å². The zero-order valence-electron chi connectivity index (χ0n) is 21.7. The molecule has 1 fully saturated rings. The third kappa shape index (κ3) is 4.92. The number of benzene rings is 3. The fourth-order valence-corrected chi connectivity index (χ4v) is 4.40. The predicted molar refractivity (Wildman–Crippen MR) is 143 cm³/mol. The van der Waals surface area contributed by atoms with Crippen molar-refractivity contribution in [2.45, 2.75) is 59.1 Å². The lowest BCUT2D eigenvalue weighted by Crippen LogP contribution is -2.29. The fourth-order valence-electron chi connectivity index (χ4n) is 4.40. The number of hydrogen-bond acceptors (Lipinski definition) is 4. The van der Waals surface area contributed by atoms with Crippen LogP contribution >= 0.6 is 0 Å². The molecule has 4 rings (SSSR count). The number of carbonyl (C=O) groups is 2. The van der Waals surface area contributed by atoms with Crippen LogP contribution in [0.5, 0.6) is 5.75 Å². The molecule has 0 radical (unpaired) electrons. The molecule has 0 bridgehead atoms. The highest BCUT2D eigenvalue weighted by molar-refractivity contribution is 6.51. The monoisotopic (exact) mass is 483 g/mol. The Kier molecular flexibility index (Phi) is 6.77. The molecule has 1 saturated heterocycles. The summed E-state index contributed by atoms with van der Waals surface area (Å²) in [5.41, 5.74) is 4.00. The van der Waals surface area contributed by atoms with Gasteiger partial charge >= 0.3 is 0 Å². The zero-order chi connectivity index (χ0) is 26.2. The van der Waals surface area contributed by atoms with Crippen molar-refractivity contribution in [3.63, 3.8) is 0 Å². The average molecular weight is 484 g/mol. The van der Waals surface area contributed by atoms with Crippen LogP contribution in [-0.2, 0) is 15.0 Å². The number of aliphatic hydroxyl groups excluding tert-OH is 1. The number of rotatable bonds is 5. The molecule has 5 nitrogen and oxygen atoms in total. The molecule has 1 aliphatic heterocycles. The first-order valence-electron chi connectivity index (χ1n) is 12.2. The van der Waals surface area contributed by atoms with Gasteiger partial charge in [-0.1, -0.05) is 74.9 Å². The second-order valence-electron chi connectivity index (χ2n) is 10.6. The van der Waals surface area contributed by atoms with E-state index in [0.29, 0.717) is 17.0 Å². The van der Waals surface area contributed by atoms with E-state index in [1.54, 1.807) is 36.4 Å². The molecule has 1 aliphatic rings. The maximum absolute atomic E-state index is 13.4. The van der Waals surface area contributed by atoms with E-state index in [-0.39, 0.29) is 22.9 Å². The number of ether oxygens (including phenoxy) is 1. The lowest BCUT2D eigenvalue weighted by Gasteiger charge is -2.27. The lowest BCUT2D eigenvalue weighted by molar-refractivity contribution is -0.132. The fraction of sp³-hybridized carbons (Fsp3) is 0.290. The highest BCUT2D eigenvalue weighted by atomic mass is 16.5. The first-order valence-corrected chi connectivity index (χ1v) is 12.2. The van der Waals surface area contributed by atoms with E-state index in [0.717, 1.165) is 16.7 Å². The summed E-state index contributed by atoms with van der Waals surface area (Å²) in [5, 5.41) is 11.3. The Hall–Kier alpha value is -3.86. The van der Waals surface area contributed by atoms with Crippen molar-refractivity contribution in [1.29, 1.82) is 0 Å². The maximum atomic E-state index is 13.4. The number of nitrogens with zero attached hydrogens (tertiary/aromatic N) is 1. The molecule has 3 aromatic carbocycles. The van der Waals surface area contributed by atoms with Crippen LogP contribution in [0.15, 0.2) is 78.4 Å². The molecule has 0 spiro atoms. The number of carbonyl (C=O) groups excluding carboxylic acids is 2. The standard InChI is InChI=1S/C31H33NO4/c1-19(2)36-25-17-15-24(16-18-25)32-27(21-11-13-23(14-12-21)31(4,5)6)26(29(34)30(32)35)28(33)22-9-7-20(3)8-10-22/h7-19,27,33H,1-6H3/b28-26-. The summed E-state index contributed by atoms with van der Waals surface area (Å²) in [6.07, 6.45) is 0.0147. The second-order valence-corrected chi connectivity index (χ2v) is 10.6. The van der Waals surface area contributed by atoms with Crippen molar-refractivity contribution in [2.75, 3.05) is 4.90 Å². The van der Waals surface area contributed by atoms with Gasteiger partial charge in [-0.3, -0.25) is 14.5 Å². The molecule has 186 valence electrons. The quantitative estimate of drug-likeness (QED) is 0.249. The first kappa shape index (κ1) is 25.2. The molecular weight excluding hydrogens is 450 g/mol. The van der Waals surface area contributed by atoms with Crippen molar-refractivity contribution in [2.24, 2.45) is 0 Å². The van der Waals surface area contributed by atoms with E-state index < -0.39 is 17.7 Å². The number of amides is 1. The molecule has 0 saturated carbocycles. The van der Waals surface area contributed by atoms with Gasteiger partial charge in [0.1, 0.15) is 11.5 Å². The van der Waals surface area contributed by atoms with Crippen molar-refractivity contribution < 1.29 is 19.4 Å². The minimum absolute atomic E-state index is 0.0147. The summed E-state index contributed by atoms with van der Waals surface area (Å²) >= 11 is 0. The lowest BCUT2D eigenvalue weighted by atomic mass is 9.85. The molecule has 36 heavy (non-hydrogen) atoms. The molecule has 1 amide bonds. The normalized spacial score (nSPS) is 17.6. The van der Waals surface area contributed by atoms with Crippen molar-refractivity contribution in [1.82, 2.24) is 0 Å².